The minimum absolute atomic E-state index is 0.0321. The lowest BCUT2D eigenvalue weighted by molar-refractivity contribution is -0.137. The van der Waals surface area contributed by atoms with Gasteiger partial charge in [-0.2, -0.15) is 13.2 Å². The van der Waals surface area contributed by atoms with Gasteiger partial charge >= 0.3 is 6.18 Å². The fourth-order valence-electron chi connectivity index (χ4n) is 5.03. The molecule has 1 aliphatic rings. The van der Waals surface area contributed by atoms with Crippen LogP contribution in [0.2, 0.25) is 0 Å². The molecule has 0 saturated heterocycles. The van der Waals surface area contributed by atoms with E-state index in [1.807, 2.05) is 17.9 Å². The Labute approximate surface area is 232 Å². The van der Waals surface area contributed by atoms with Gasteiger partial charge in [-0.05, 0) is 65.9 Å². The number of nitrogens with zero attached hydrogens (tertiary/aromatic N) is 2. The number of amides is 1. The molecule has 2 N–H and O–H groups in total. The second-order valence-corrected chi connectivity index (χ2v) is 12.2. The Hall–Kier alpha value is -3.44. The van der Waals surface area contributed by atoms with Crippen molar-refractivity contribution in [1.82, 2.24) is 10.3 Å². The first-order valence-electron chi connectivity index (χ1n) is 13.0. The number of rotatable bonds is 8. The summed E-state index contributed by atoms with van der Waals surface area (Å²) in [6, 6.07) is 11.8. The molecule has 1 aliphatic heterocycles. The van der Waals surface area contributed by atoms with Crippen LogP contribution in [-0.4, -0.2) is 43.3 Å². The number of pyridine rings is 1. The van der Waals surface area contributed by atoms with Crippen molar-refractivity contribution >= 4 is 21.6 Å². The number of halogens is 3. The van der Waals surface area contributed by atoms with Crippen molar-refractivity contribution in [3.63, 3.8) is 0 Å². The number of alkyl halides is 3. The fraction of sp³-hybridized carbons (Fsp3) is 0.379. The van der Waals surface area contributed by atoms with Gasteiger partial charge in [-0.1, -0.05) is 32.0 Å². The first kappa shape index (κ1) is 29.5. The highest BCUT2D eigenvalue weighted by Crippen LogP contribution is 2.36. The van der Waals surface area contributed by atoms with Gasteiger partial charge in [0.05, 0.1) is 28.9 Å². The number of aromatic nitrogens is 1. The average molecular weight is 576 g/mol. The summed E-state index contributed by atoms with van der Waals surface area (Å²) in [6.45, 7) is 5.78. The van der Waals surface area contributed by atoms with Crippen LogP contribution in [0.5, 0.6) is 0 Å². The third-order valence-corrected chi connectivity index (χ3v) is 9.08. The van der Waals surface area contributed by atoms with Crippen molar-refractivity contribution in [3.05, 3.63) is 88.1 Å². The quantitative estimate of drug-likeness (QED) is 0.384. The van der Waals surface area contributed by atoms with Gasteiger partial charge in [-0.3, -0.25) is 4.79 Å². The smallest absolute Gasteiger partial charge is 0.394 e. The highest BCUT2D eigenvalue weighted by atomic mass is 32.2. The molecule has 0 unspecified atom stereocenters. The molecule has 0 saturated carbocycles. The number of fused-ring (bicyclic) bond motifs is 1. The molecule has 2 atom stereocenters. The molecule has 2 aromatic carbocycles. The summed E-state index contributed by atoms with van der Waals surface area (Å²) < 4.78 is 63.6. The van der Waals surface area contributed by atoms with Gasteiger partial charge in [0.2, 0.25) is 0 Å². The Balaban J connectivity index is 1.56. The maximum atomic E-state index is 13.2. The summed E-state index contributed by atoms with van der Waals surface area (Å²) in [4.78, 5) is 19.4. The van der Waals surface area contributed by atoms with E-state index < -0.39 is 33.5 Å². The molecule has 0 fully saturated rings. The van der Waals surface area contributed by atoms with Gasteiger partial charge in [-0.15, -0.1) is 0 Å². The number of hydrogen-bond acceptors (Lipinski definition) is 6. The van der Waals surface area contributed by atoms with Crippen LogP contribution in [-0.2, 0) is 22.6 Å². The zero-order valence-electron chi connectivity index (χ0n) is 22.5. The maximum absolute atomic E-state index is 13.2. The molecule has 40 heavy (non-hydrogen) atoms. The van der Waals surface area contributed by atoms with Crippen molar-refractivity contribution in [2.75, 3.05) is 23.8 Å². The van der Waals surface area contributed by atoms with Crippen LogP contribution in [0.25, 0.3) is 0 Å². The minimum Gasteiger partial charge on any atom is -0.394 e. The molecular weight excluding hydrogens is 543 g/mol. The van der Waals surface area contributed by atoms with E-state index in [1.165, 1.54) is 12.1 Å². The summed E-state index contributed by atoms with van der Waals surface area (Å²) in [5, 5.41) is 12.8. The molecule has 0 aliphatic carbocycles. The highest BCUT2D eigenvalue weighted by molar-refractivity contribution is 7.91. The summed E-state index contributed by atoms with van der Waals surface area (Å²) in [6.07, 6.45) is -2.83. The number of carbonyl (C=O) groups excluding carboxylic acids is 1. The molecule has 1 amide bonds. The number of nitrogens with one attached hydrogen (secondary N) is 1. The van der Waals surface area contributed by atoms with Crippen LogP contribution in [0.15, 0.2) is 59.6 Å². The number of benzene rings is 2. The van der Waals surface area contributed by atoms with E-state index in [0.717, 1.165) is 29.8 Å². The first-order chi connectivity index (χ1) is 18.9. The highest BCUT2D eigenvalue weighted by Gasteiger charge is 2.33. The molecule has 214 valence electrons. The lowest BCUT2D eigenvalue weighted by Gasteiger charge is -2.36. The summed E-state index contributed by atoms with van der Waals surface area (Å²) in [5.41, 5.74) is 2.51. The van der Waals surface area contributed by atoms with E-state index >= 15 is 0 Å². The normalized spacial score (nSPS) is 16.4. The number of carbonyl (C=O) groups is 1. The number of anilines is 1. The predicted octanol–water partition coefficient (Wildman–Crippen LogP) is 5.18. The summed E-state index contributed by atoms with van der Waals surface area (Å²) >= 11 is 0. The third kappa shape index (κ3) is 6.15. The van der Waals surface area contributed by atoms with E-state index in [2.05, 4.69) is 10.3 Å². The molecule has 0 spiro atoms. The SMILES string of the molecule is CC[C@@H]1CN(c2ncc(C(F)(F)F)cc2C)Cc2cc(C(=O)N[C@@H](CO)c3ccc(S(=O)(=O)CC)cc3)ccc21. The van der Waals surface area contributed by atoms with Crippen molar-refractivity contribution < 1.29 is 31.5 Å². The molecule has 0 bridgehead atoms. The summed E-state index contributed by atoms with van der Waals surface area (Å²) in [7, 11) is -3.37. The summed E-state index contributed by atoms with van der Waals surface area (Å²) in [5.74, 6) is 0.129. The zero-order valence-corrected chi connectivity index (χ0v) is 23.3. The lowest BCUT2D eigenvalue weighted by Crippen LogP contribution is -2.35. The van der Waals surface area contributed by atoms with Gasteiger partial charge in [-0.25, -0.2) is 13.4 Å². The third-order valence-electron chi connectivity index (χ3n) is 7.33. The number of aliphatic hydroxyl groups excluding tert-OH is 1. The molecule has 0 radical (unpaired) electrons. The predicted molar refractivity (Wildman–Crippen MR) is 146 cm³/mol. The number of aryl methyl sites for hydroxylation is 1. The Bertz CT molecular complexity index is 1490. The molecule has 11 heteroatoms. The maximum Gasteiger partial charge on any atom is 0.417 e. The molecule has 1 aromatic heterocycles. The second-order valence-electron chi connectivity index (χ2n) is 9.94. The van der Waals surface area contributed by atoms with Gasteiger partial charge in [0.25, 0.3) is 5.91 Å². The topological polar surface area (TPSA) is 99.6 Å². The van der Waals surface area contributed by atoms with Crippen LogP contribution in [0.1, 0.15) is 70.4 Å². The monoisotopic (exact) mass is 575 g/mol. The number of hydrogen-bond donors (Lipinski definition) is 2. The second kappa shape index (κ2) is 11.6. The van der Waals surface area contributed by atoms with Crippen molar-refractivity contribution in [2.24, 2.45) is 0 Å². The van der Waals surface area contributed by atoms with Crippen molar-refractivity contribution in [3.8, 4) is 0 Å². The minimum atomic E-state index is -4.47. The van der Waals surface area contributed by atoms with E-state index in [0.29, 0.717) is 35.6 Å². The van der Waals surface area contributed by atoms with Gasteiger partial charge < -0.3 is 15.3 Å². The van der Waals surface area contributed by atoms with E-state index in [9.17, 15) is 31.5 Å². The average Bonchev–Trinajstić information content (AvgIpc) is 2.94. The van der Waals surface area contributed by atoms with Gasteiger partial charge in [0, 0.05) is 30.8 Å². The van der Waals surface area contributed by atoms with Crippen molar-refractivity contribution in [1.29, 1.82) is 0 Å². The van der Waals surface area contributed by atoms with Crippen molar-refractivity contribution in [2.45, 2.75) is 56.8 Å². The largest absolute Gasteiger partial charge is 0.417 e. The Morgan fingerprint density at radius 1 is 1.15 bits per heavy atom. The van der Waals surface area contributed by atoms with E-state index in [4.69, 9.17) is 0 Å². The van der Waals surface area contributed by atoms with Gasteiger partial charge in [0.15, 0.2) is 9.84 Å². The Morgan fingerprint density at radius 2 is 1.85 bits per heavy atom. The molecule has 4 rings (SSSR count). The molecule has 3 aromatic rings. The molecule has 2 heterocycles. The zero-order chi connectivity index (χ0) is 29.2. The van der Waals surface area contributed by atoms with Gasteiger partial charge in [0.1, 0.15) is 5.82 Å². The molecular formula is C29H32F3N3O4S. The first-order valence-corrected chi connectivity index (χ1v) is 14.7. The van der Waals surface area contributed by atoms with Crippen LogP contribution >= 0.6 is 0 Å². The number of sulfone groups is 1. The Morgan fingerprint density at radius 3 is 2.42 bits per heavy atom. The standard InChI is InChI=1S/C29H32F3N3O4S/c1-4-19-15-35(27-18(3)12-23(14-33-27)29(30,31)32)16-22-13-21(8-11-25(19)22)28(37)34-26(17-36)20-6-9-24(10-7-20)40(38,39)5-2/h6-14,19,26,36H,4-5,15-17H2,1-3H3,(H,34,37)/t19-,26+/m1/s1. The van der Waals surface area contributed by atoms with E-state index in [1.54, 1.807) is 38.1 Å². The van der Waals surface area contributed by atoms with Crippen LogP contribution < -0.4 is 10.2 Å². The van der Waals surface area contributed by atoms with E-state index in [-0.39, 0.29) is 23.2 Å². The van der Waals surface area contributed by atoms with Crippen LogP contribution in [0.3, 0.4) is 0 Å². The molecule has 7 nitrogen and oxygen atoms in total. The lowest BCUT2D eigenvalue weighted by atomic mass is 9.86. The number of aliphatic hydroxyl groups is 1. The van der Waals surface area contributed by atoms with Crippen LogP contribution in [0.4, 0.5) is 19.0 Å². The van der Waals surface area contributed by atoms with Crippen LogP contribution in [0, 0.1) is 6.92 Å². The Kier molecular flexibility index (Phi) is 8.55. The fourth-order valence-corrected chi connectivity index (χ4v) is 5.91.